The summed E-state index contributed by atoms with van der Waals surface area (Å²) < 4.78 is 5.16. The highest BCUT2D eigenvalue weighted by Gasteiger charge is 2.25. The number of carbonyl (C=O) groups is 1. The quantitative estimate of drug-likeness (QED) is 0.783. The predicted molar refractivity (Wildman–Crippen MR) is 90.5 cm³/mol. The molecule has 112 valence electrons. The van der Waals surface area contributed by atoms with Crippen molar-refractivity contribution in [2.45, 2.75) is 31.6 Å². The lowest BCUT2D eigenvalue weighted by Gasteiger charge is -2.27. The van der Waals surface area contributed by atoms with Gasteiger partial charge >= 0.3 is 0 Å². The fourth-order valence-corrected chi connectivity index (χ4v) is 3.84. The second-order valence-electron chi connectivity index (χ2n) is 6.36. The predicted octanol–water partition coefficient (Wildman–Crippen LogP) is 4.21. The molecule has 0 aromatic heterocycles. The smallest absolute Gasteiger partial charge is 0.254 e. The first kappa shape index (κ1) is 15.6. The van der Waals surface area contributed by atoms with Crippen LogP contribution < -0.4 is 9.64 Å². The number of hydrogen-bond donors (Lipinski definition) is 0. The molecule has 1 aromatic carbocycles. The standard InChI is InChI=1S/C17H23NO2Si/c1-20-15-10-8-14(9-11-15)18-13-12-16(21(2,3)4)6-5-7-17(18)19/h5,7-13,16H,6H2,1-4H3/b7-5-,13-12-. The summed E-state index contributed by atoms with van der Waals surface area (Å²) in [5, 5.41) is 0. The zero-order valence-electron chi connectivity index (χ0n) is 13.2. The summed E-state index contributed by atoms with van der Waals surface area (Å²) in [5.41, 5.74) is 1.40. The van der Waals surface area contributed by atoms with E-state index in [1.165, 1.54) is 0 Å². The number of benzene rings is 1. The first-order chi connectivity index (χ1) is 9.91. The maximum absolute atomic E-state index is 12.2. The van der Waals surface area contributed by atoms with Crippen LogP contribution in [0.4, 0.5) is 5.69 Å². The maximum atomic E-state index is 12.2. The van der Waals surface area contributed by atoms with Crippen molar-refractivity contribution in [1.29, 1.82) is 0 Å². The van der Waals surface area contributed by atoms with Crippen molar-refractivity contribution in [2.24, 2.45) is 0 Å². The van der Waals surface area contributed by atoms with Gasteiger partial charge in [0.1, 0.15) is 5.75 Å². The molecule has 1 aliphatic heterocycles. The minimum Gasteiger partial charge on any atom is -0.497 e. The van der Waals surface area contributed by atoms with Gasteiger partial charge in [0.2, 0.25) is 0 Å². The van der Waals surface area contributed by atoms with E-state index in [4.69, 9.17) is 4.74 Å². The summed E-state index contributed by atoms with van der Waals surface area (Å²) in [7, 11) is 0.362. The van der Waals surface area contributed by atoms with Crippen LogP contribution in [-0.2, 0) is 4.79 Å². The summed E-state index contributed by atoms with van der Waals surface area (Å²) in [5.74, 6) is 0.781. The molecule has 0 bridgehead atoms. The molecule has 3 nitrogen and oxygen atoms in total. The molecule has 1 amide bonds. The van der Waals surface area contributed by atoms with Crippen molar-refractivity contribution in [2.75, 3.05) is 12.0 Å². The van der Waals surface area contributed by atoms with Crippen LogP contribution in [0.5, 0.6) is 5.75 Å². The average molecular weight is 301 g/mol. The second-order valence-corrected chi connectivity index (χ2v) is 11.8. The molecule has 0 aliphatic carbocycles. The van der Waals surface area contributed by atoms with Gasteiger partial charge in [0.05, 0.1) is 15.2 Å². The Labute approximate surface area is 127 Å². The van der Waals surface area contributed by atoms with Crippen LogP contribution in [0.3, 0.4) is 0 Å². The summed E-state index contributed by atoms with van der Waals surface area (Å²) in [6.45, 7) is 7.07. The maximum Gasteiger partial charge on any atom is 0.254 e. The van der Waals surface area contributed by atoms with Crippen molar-refractivity contribution >= 4 is 19.7 Å². The number of methoxy groups -OCH3 is 1. The molecule has 0 N–H and O–H groups in total. The van der Waals surface area contributed by atoms with E-state index in [1.807, 2.05) is 36.5 Å². The van der Waals surface area contributed by atoms with Gasteiger partial charge in [-0.1, -0.05) is 31.8 Å². The molecule has 1 atom stereocenters. The Balaban J connectivity index is 2.29. The molecule has 2 rings (SSSR count). The van der Waals surface area contributed by atoms with E-state index >= 15 is 0 Å². The van der Waals surface area contributed by atoms with Gasteiger partial charge in [-0.25, -0.2) is 0 Å². The lowest BCUT2D eigenvalue weighted by Crippen LogP contribution is -2.29. The van der Waals surface area contributed by atoms with Crippen LogP contribution in [-0.4, -0.2) is 21.1 Å². The molecule has 0 fully saturated rings. The third kappa shape index (κ3) is 3.85. The monoisotopic (exact) mass is 301 g/mol. The van der Waals surface area contributed by atoms with Crippen molar-refractivity contribution in [3.8, 4) is 5.75 Å². The summed E-state index contributed by atoms with van der Waals surface area (Å²) in [6.07, 6.45) is 8.76. The molecule has 0 spiro atoms. The molecule has 0 radical (unpaired) electrons. The van der Waals surface area contributed by atoms with Crippen LogP contribution in [0.1, 0.15) is 6.42 Å². The minimum atomic E-state index is -1.27. The number of allylic oxidation sites excluding steroid dienone is 2. The zero-order valence-corrected chi connectivity index (χ0v) is 14.2. The average Bonchev–Trinajstić information content (AvgIpc) is 2.42. The summed E-state index contributed by atoms with van der Waals surface area (Å²) in [6, 6.07) is 7.55. The Kier molecular flexibility index (Phi) is 4.68. The number of nitrogens with zero attached hydrogens (tertiary/aromatic N) is 1. The van der Waals surface area contributed by atoms with Gasteiger partial charge in [0.15, 0.2) is 0 Å². The van der Waals surface area contributed by atoms with Crippen molar-refractivity contribution in [3.05, 3.63) is 48.7 Å². The van der Waals surface area contributed by atoms with Crippen LogP contribution in [0.15, 0.2) is 48.7 Å². The molecular formula is C17H23NO2Si. The molecule has 0 saturated carbocycles. The highest BCUT2D eigenvalue weighted by molar-refractivity contribution is 6.78. The van der Waals surface area contributed by atoms with Crippen LogP contribution >= 0.6 is 0 Å². The van der Waals surface area contributed by atoms with Crippen molar-refractivity contribution in [3.63, 3.8) is 0 Å². The fourth-order valence-electron chi connectivity index (χ4n) is 2.34. The first-order valence-electron chi connectivity index (χ1n) is 7.24. The first-order valence-corrected chi connectivity index (χ1v) is 10.8. The Morgan fingerprint density at radius 3 is 2.43 bits per heavy atom. The van der Waals surface area contributed by atoms with Crippen molar-refractivity contribution < 1.29 is 9.53 Å². The SMILES string of the molecule is COc1ccc(N2/C=C\C([Si](C)(C)C)C/C=C\C2=O)cc1. The number of anilines is 1. The lowest BCUT2D eigenvalue weighted by molar-refractivity contribution is -0.113. The number of carbonyl (C=O) groups excluding carboxylic acids is 1. The summed E-state index contributed by atoms with van der Waals surface area (Å²) in [4.78, 5) is 13.9. The fraction of sp³-hybridized carbons (Fsp3) is 0.353. The van der Waals surface area contributed by atoms with Gasteiger partial charge < -0.3 is 4.74 Å². The molecule has 4 heteroatoms. The van der Waals surface area contributed by atoms with E-state index < -0.39 is 8.07 Å². The van der Waals surface area contributed by atoms with Gasteiger partial charge in [-0.15, -0.1) is 0 Å². The van der Waals surface area contributed by atoms with E-state index in [1.54, 1.807) is 18.1 Å². The number of rotatable bonds is 3. The third-order valence-electron chi connectivity index (χ3n) is 3.82. The van der Waals surface area contributed by atoms with Crippen molar-refractivity contribution in [1.82, 2.24) is 0 Å². The molecule has 1 unspecified atom stereocenters. The third-order valence-corrected chi connectivity index (χ3v) is 6.47. The van der Waals surface area contributed by atoms with E-state index in [0.29, 0.717) is 5.54 Å². The largest absolute Gasteiger partial charge is 0.497 e. The Hall–Kier alpha value is -1.81. The summed E-state index contributed by atoms with van der Waals surface area (Å²) >= 11 is 0. The van der Waals surface area contributed by atoms with Gasteiger partial charge in [0.25, 0.3) is 5.91 Å². The lowest BCUT2D eigenvalue weighted by atomic mass is 10.2. The van der Waals surface area contributed by atoms with E-state index in [0.717, 1.165) is 17.9 Å². The minimum absolute atomic E-state index is 0.00885. The van der Waals surface area contributed by atoms with E-state index in [9.17, 15) is 4.79 Å². The Bertz CT molecular complexity index is 555. The Morgan fingerprint density at radius 2 is 1.86 bits per heavy atom. The molecule has 21 heavy (non-hydrogen) atoms. The number of ether oxygens (including phenoxy) is 1. The molecule has 1 heterocycles. The van der Waals surface area contributed by atoms with Gasteiger partial charge in [0, 0.05) is 11.9 Å². The zero-order chi connectivity index (χ0) is 15.5. The van der Waals surface area contributed by atoms with E-state index in [2.05, 4.69) is 25.7 Å². The molecule has 1 aliphatic rings. The Morgan fingerprint density at radius 1 is 1.19 bits per heavy atom. The molecule has 1 aromatic rings. The van der Waals surface area contributed by atoms with Gasteiger partial charge in [-0.05, 0) is 42.3 Å². The van der Waals surface area contributed by atoms with Crippen LogP contribution in [0, 0.1) is 0 Å². The van der Waals surface area contributed by atoms with E-state index in [-0.39, 0.29) is 5.91 Å². The van der Waals surface area contributed by atoms with Gasteiger partial charge in [-0.2, -0.15) is 0 Å². The van der Waals surface area contributed by atoms with Crippen LogP contribution in [0.25, 0.3) is 0 Å². The molecule has 0 saturated heterocycles. The second kappa shape index (κ2) is 6.31. The number of hydrogen-bond acceptors (Lipinski definition) is 2. The van der Waals surface area contributed by atoms with Crippen LogP contribution in [0.2, 0.25) is 25.2 Å². The molecular weight excluding hydrogens is 278 g/mol. The topological polar surface area (TPSA) is 29.5 Å². The number of amides is 1. The van der Waals surface area contributed by atoms with Gasteiger partial charge in [-0.3, -0.25) is 9.69 Å². The highest BCUT2D eigenvalue weighted by atomic mass is 28.3. The highest BCUT2D eigenvalue weighted by Crippen LogP contribution is 2.30. The normalized spacial score (nSPS) is 22.4.